The maximum absolute atomic E-state index is 12.6. The minimum absolute atomic E-state index is 0.0771. The zero-order valence-corrected chi connectivity index (χ0v) is 14.1. The molecule has 0 saturated carbocycles. The van der Waals surface area contributed by atoms with E-state index < -0.39 is 17.2 Å². The maximum atomic E-state index is 12.6. The monoisotopic (exact) mass is 369 g/mol. The van der Waals surface area contributed by atoms with Crippen molar-refractivity contribution in [2.45, 2.75) is 6.54 Å². The highest BCUT2D eigenvalue weighted by molar-refractivity contribution is 6.03. The Kier molecular flexibility index (Phi) is 4.25. The first-order valence-corrected chi connectivity index (χ1v) is 8.18. The van der Waals surface area contributed by atoms with Gasteiger partial charge < -0.3 is 24.2 Å². The number of fused-ring (bicyclic) bond motifs is 1. The molecule has 1 aromatic carbocycles. The first-order valence-electron chi connectivity index (χ1n) is 8.18. The summed E-state index contributed by atoms with van der Waals surface area (Å²) >= 11 is 0. The second-order valence-electron chi connectivity index (χ2n) is 5.79. The molecule has 0 aliphatic carbocycles. The number of aromatic nitrogens is 2. The summed E-state index contributed by atoms with van der Waals surface area (Å²) in [5, 5.41) is 2.62. The number of amides is 1. The van der Waals surface area contributed by atoms with Crippen molar-refractivity contribution in [3.05, 3.63) is 75.0 Å². The van der Waals surface area contributed by atoms with E-state index in [0.29, 0.717) is 36.2 Å². The lowest BCUT2D eigenvalue weighted by atomic mass is 10.2. The van der Waals surface area contributed by atoms with Crippen molar-refractivity contribution >= 4 is 11.6 Å². The average Bonchev–Trinajstić information content (AvgIpc) is 3.18. The lowest BCUT2D eigenvalue weighted by Crippen LogP contribution is -2.39. The number of carbonyl (C=O) groups excluding carboxylic acids is 1. The van der Waals surface area contributed by atoms with Crippen LogP contribution < -0.4 is 26.0 Å². The van der Waals surface area contributed by atoms with Gasteiger partial charge in [-0.1, -0.05) is 0 Å². The average molecular weight is 369 g/mol. The van der Waals surface area contributed by atoms with Crippen molar-refractivity contribution in [1.29, 1.82) is 0 Å². The van der Waals surface area contributed by atoms with Crippen LogP contribution in [0, 0.1) is 0 Å². The van der Waals surface area contributed by atoms with E-state index in [9.17, 15) is 14.4 Å². The smallest absolute Gasteiger partial charge is 0.328 e. The van der Waals surface area contributed by atoms with Crippen molar-refractivity contribution in [1.82, 2.24) is 9.55 Å². The Balaban J connectivity index is 1.60. The van der Waals surface area contributed by atoms with Crippen LogP contribution in [0.4, 0.5) is 5.69 Å². The number of ether oxygens (including phenoxy) is 2. The third-order valence-corrected chi connectivity index (χ3v) is 4.00. The van der Waals surface area contributed by atoms with Gasteiger partial charge in [0.15, 0.2) is 11.5 Å². The van der Waals surface area contributed by atoms with Crippen LogP contribution in [0.5, 0.6) is 11.5 Å². The fraction of sp³-hybridized carbons (Fsp3) is 0.167. The van der Waals surface area contributed by atoms with Gasteiger partial charge in [0.1, 0.15) is 24.5 Å². The fourth-order valence-electron chi connectivity index (χ4n) is 2.70. The minimum atomic E-state index is -0.717. The van der Waals surface area contributed by atoms with E-state index in [0.717, 1.165) is 10.8 Å². The van der Waals surface area contributed by atoms with Crippen LogP contribution in [0.25, 0.3) is 0 Å². The zero-order valence-electron chi connectivity index (χ0n) is 14.1. The summed E-state index contributed by atoms with van der Waals surface area (Å²) in [5.74, 6) is 0.868. The highest BCUT2D eigenvalue weighted by Crippen LogP contribution is 2.32. The Labute approximate surface area is 152 Å². The fourth-order valence-corrected chi connectivity index (χ4v) is 2.70. The summed E-state index contributed by atoms with van der Waals surface area (Å²) in [7, 11) is 0. The van der Waals surface area contributed by atoms with Gasteiger partial charge in [-0.05, 0) is 24.3 Å². The van der Waals surface area contributed by atoms with Crippen molar-refractivity contribution in [2.75, 3.05) is 18.5 Å². The van der Waals surface area contributed by atoms with Crippen molar-refractivity contribution in [3.8, 4) is 11.5 Å². The van der Waals surface area contributed by atoms with E-state index in [1.807, 2.05) is 0 Å². The van der Waals surface area contributed by atoms with E-state index in [1.54, 1.807) is 30.3 Å². The summed E-state index contributed by atoms with van der Waals surface area (Å²) in [6, 6.07) is 8.20. The Morgan fingerprint density at radius 3 is 2.74 bits per heavy atom. The predicted octanol–water partition coefficient (Wildman–Crippen LogP) is 1.20. The molecule has 0 radical (unpaired) electrons. The largest absolute Gasteiger partial charge is 0.486 e. The number of carbonyl (C=O) groups is 1. The molecule has 0 fully saturated rings. The quantitative estimate of drug-likeness (QED) is 0.714. The Morgan fingerprint density at radius 2 is 1.96 bits per heavy atom. The topological polar surface area (TPSA) is 116 Å². The molecule has 0 unspecified atom stereocenters. The number of anilines is 1. The zero-order chi connectivity index (χ0) is 18.8. The molecule has 2 N–H and O–H groups in total. The molecule has 9 nitrogen and oxygen atoms in total. The highest BCUT2D eigenvalue weighted by atomic mass is 16.6. The van der Waals surface area contributed by atoms with Gasteiger partial charge in [-0.15, -0.1) is 0 Å². The molecule has 2 aromatic heterocycles. The number of rotatable bonds is 4. The summed E-state index contributed by atoms with van der Waals surface area (Å²) in [6.07, 6.45) is 2.53. The van der Waals surface area contributed by atoms with E-state index in [1.165, 1.54) is 6.26 Å². The van der Waals surface area contributed by atoms with Crippen LogP contribution in [0.3, 0.4) is 0 Å². The number of aromatic amines is 1. The van der Waals surface area contributed by atoms with Gasteiger partial charge in [-0.25, -0.2) is 4.79 Å². The predicted molar refractivity (Wildman–Crippen MR) is 94.5 cm³/mol. The normalized spacial score (nSPS) is 12.6. The third-order valence-electron chi connectivity index (χ3n) is 4.00. The molecule has 0 saturated heterocycles. The molecule has 0 atom stereocenters. The van der Waals surface area contributed by atoms with Gasteiger partial charge in [0.05, 0.1) is 12.8 Å². The number of hydrogen-bond acceptors (Lipinski definition) is 6. The molecule has 3 heterocycles. The molecule has 0 bridgehead atoms. The van der Waals surface area contributed by atoms with Gasteiger partial charge in [0.2, 0.25) is 0 Å². The Morgan fingerprint density at radius 1 is 1.15 bits per heavy atom. The van der Waals surface area contributed by atoms with Crippen molar-refractivity contribution in [2.24, 2.45) is 0 Å². The Bertz CT molecular complexity index is 1100. The molecule has 1 amide bonds. The minimum Gasteiger partial charge on any atom is -0.486 e. The molecule has 9 heteroatoms. The first kappa shape index (κ1) is 16.7. The first-order chi connectivity index (χ1) is 13.1. The van der Waals surface area contributed by atoms with Gasteiger partial charge in [-0.3, -0.25) is 14.2 Å². The van der Waals surface area contributed by atoms with Crippen LogP contribution in [-0.2, 0) is 6.54 Å². The lowest BCUT2D eigenvalue weighted by Gasteiger charge is -2.19. The second-order valence-corrected chi connectivity index (χ2v) is 5.79. The number of hydrogen-bond donors (Lipinski definition) is 2. The molecule has 3 aromatic rings. The van der Waals surface area contributed by atoms with Crippen molar-refractivity contribution < 1.29 is 18.7 Å². The standard InChI is InChI=1S/C18H15N3O6/c22-16(20-11-3-4-14-15(8-11)27-7-6-26-14)13-9-19-18(24)21(17(13)23)10-12-2-1-5-25-12/h1-5,8-9H,6-7,10H2,(H,19,24)(H,20,22). The van der Waals surface area contributed by atoms with E-state index in [-0.39, 0.29) is 12.1 Å². The molecular formula is C18H15N3O6. The number of furan rings is 1. The van der Waals surface area contributed by atoms with Gasteiger partial charge >= 0.3 is 5.69 Å². The molecular weight excluding hydrogens is 354 g/mol. The van der Waals surface area contributed by atoms with Gasteiger partial charge in [0.25, 0.3) is 11.5 Å². The SMILES string of the molecule is O=C(Nc1ccc2c(c1)OCCO2)c1c[nH]c(=O)n(Cc2ccco2)c1=O. The van der Waals surface area contributed by atoms with Crippen LogP contribution in [0.1, 0.15) is 16.1 Å². The van der Waals surface area contributed by atoms with Crippen LogP contribution >= 0.6 is 0 Å². The number of nitrogens with one attached hydrogen (secondary N) is 2. The number of nitrogens with zero attached hydrogens (tertiary/aromatic N) is 1. The van der Waals surface area contributed by atoms with Gasteiger partial charge in [-0.2, -0.15) is 0 Å². The molecule has 0 spiro atoms. The molecule has 138 valence electrons. The van der Waals surface area contributed by atoms with E-state index >= 15 is 0 Å². The molecule has 4 rings (SSSR count). The Hall–Kier alpha value is -3.75. The van der Waals surface area contributed by atoms with Crippen LogP contribution in [-0.4, -0.2) is 28.7 Å². The maximum Gasteiger partial charge on any atom is 0.328 e. The van der Waals surface area contributed by atoms with E-state index in [4.69, 9.17) is 13.9 Å². The molecule has 27 heavy (non-hydrogen) atoms. The number of H-pyrrole nitrogens is 1. The summed E-state index contributed by atoms with van der Waals surface area (Å²) in [5.41, 5.74) is -1.11. The summed E-state index contributed by atoms with van der Waals surface area (Å²) in [6.45, 7) is 0.805. The van der Waals surface area contributed by atoms with Crippen LogP contribution in [0.2, 0.25) is 0 Å². The molecule has 1 aliphatic rings. The molecule has 1 aliphatic heterocycles. The summed E-state index contributed by atoms with van der Waals surface area (Å²) in [4.78, 5) is 39.5. The summed E-state index contributed by atoms with van der Waals surface area (Å²) < 4.78 is 17.0. The van der Waals surface area contributed by atoms with Crippen LogP contribution in [0.15, 0.2) is 56.8 Å². The lowest BCUT2D eigenvalue weighted by molar-refractivity contribution is 0.102. The number of benzene rings is 1. The van der Waals surface area contributed by atoms with E-state index in [2.05, 4.69) is 10.3 Å². The van der Waals surface area contributed by atoms with Crippen molar-refractivity contribution in [3.63, 3.8) is 0 Å². The second kappa shape index (κ2) is 6.87. The third kappa shape index (κ3) is 3.34. The highest BCUT2D eigenvalue weighted by Gasteiger charge is 2.17. The van der Waals surface area contributed by atoms with Gasteiger partial charge in [0, 0.05) is 18.0 Å².